The summed E-state index contributed by atoms with van der Waals surface area (Å²) in [7, 11) is 1.17. The minimum absolute atomic E-state index is 0.0626. The monoisotopic (exact) mass is 290 g/mol. The summed E-state index contributed by atoms with van der Waals surface area (Å²) >= 11 is 9.14. The molecule has 1 aromatic rings. The molecule has 0 atom stereocenters. The second-order valence-corrected chi connectivity index (χ2v) is 4.05. The Bertz CT molecular complexity index is 383. The number of esters is 1. The third-order valence-corrected chi connectivity index (χ3v) is 2.91. The SMILES string of the molecule is COC(=O)C(=O)Cc1c(Cl)cccc1Br. The molecule has 0 fully saturated rings. The summed E-state index contributed by atoms with van der Waals surface area (Å²) < 4.78 is 5.02. The van der Waals surface area contributed by atoms with Gasteiger partial charge in [0.1, 0.15) is 0 Å². The molecule has 5 heteroatoms. The third kappa shape index (κ3) is 3.04. The van der Waals surface area contributed by atoms with Gasteiger partial charge in [-0.25, -0.2) is 4.79 Å². The number of methoxy groups -OCH3 is 1. The van der Waals surface area contributed by atoms with Crippen LogP contribution >= 0.6 is 27.5 Å². The van der Waals surface area contributed by atoms with E-state index in [1.807, 2.05) is 0 Å². The Morgan fingerprint density at radius 3 is 2.67 bits per heavy atom. The molecule has 80 valence electrons. The lowest BCUT2D eigenvalue weighted by Gasteiger charge is -2.04. The zero-order valence-electron chi connectivity index (χ0n) is 7.92. The van der Waals surface area contributed by atoms with Crippen LogP contribution < -0.4 is 0 Å². The van der Waals surface area contributed by atoms with E-state index in [0.29, 0.717) is 15.1 Å². The van der Waals surface area contributed by atoms with Crippen LogP contribution in [0.5, 0.6) is 0 Å². The zero-order valence-corrected chi connectivity index (χ0v) is 10.3. The van der Waals surface area contributed by atoms with Crippen molar-refractivity contribution in [1.29, 1.82) is 0 Å². The summed E-state index contributed by atoms with van der Waals surface area (Å²) in [5.41, 5.74) is 0.592. The van der Waals surface area contributed by atoms with Crippen molar-refractivity contribution in [2.75, 3.05) is 7.11 Å². The first kappa shape index (κ1) is 12.2. The largest absolute Gasteiger partial charge is 0.463 e. The molecule has 0 aliphatic heterocycles. The van der Waals surface area contributed by atoms with Gasteiger partial charge in [0.15, 0.2) is 0 Å². The minimum atomic E-state index is -0.859. The van der Waals surface area contributed by atoms with E-state index in [1.165, 1.54) is 7.11 Å². The number of carbonyl (C=O) groups excluding carboxylic acids is 2. The fourth-order valence-electron chi connectivity index (χ4n) is 1.05. The number of ketones is 1. The zero-order chi connectivity index (χ0) is 11.4. The third-order valence-electron chi connectivity index (χ3n) is 1.81. The van der Waals surface area contributed by atoms with Gasteiger partial charge in [-0.15, -0.1) is 0 Å². The lowest BCUT2D eigenvalue weighted by atomic mass is 10.1. The number of carbonyl (C=O) groups is 2. The maximum atomic E-state index is 11.3. The summed E-state index contributed by atoms with van der Waals surface area (Å²) in [5, 5.41) is 0.446. The van der Waals surface area contributed by atoms with Gasteiger partial charge in [-0.1, -0.05) is 33.6 Å². The van der Waals surface area contributed by atoms with Crippen LogP contribution in [0.2, 0.25) is 5.02 Å². The van der Waals surface area contributed by atoms with E-state index in [9.17, 15) is 9.59 Å². The van der Waals surface area contributed by atoms with Gasteiger partial charge in [0.25, 0.3) is 0 Å². The average Bonchev–Trinajstić information content (AvgIpc) is 2.22. The molecule has 1 rings (SSSR count). The molecule has 0 saturated heterocycles. The lowest BCUT2D eigenvalue weighted by Crippen LogP contribution is -2.18. The van der Waals surface area contributed by atoms with Gasteiger partial charge in [-0.05, 0) is 17.7 Å². The molecule has 0 aliphatic carbocycles. The molecule has 0 spiro atoms. The molecule has 0 aliphatic rings. The standard InChI is InChI=1S/C10H8BrClO3/c1-15-10(14)9(13)5-6-7(11)3-2-4-8(6)12/h2-4H,5H2,1H3. The molecule has 0 saturated carbocycles. The lowest BCUT2D eigenvalue weighted by molar-refractivity contribution is -0.151. The molecule has 0 unspecified atom stereocenters. The number of hydrogen-bond donors (Lipinski definition) is 0. The second kappa shape index (κ2) is 5.28. The minimum Gasteiger partial charge on any atom is -0.463 e. The quantitative estimate of drug-likeness (QED) is 0.634. The molecule has 0 amide bonds. The van der Waals surface area contributed by atoms with Crippen LogP contribution in [0.4, 0.5) is 0 Å². The number of benzene rings is 1. The van der Waals surface area contributed by atoms with Crippen LogP contribution in [-0.4, -0.2) is 18.9 Å². The Morgan fingerprint density at radius 2 is 2.13 bits per heavy atom. The summed E-state index contributed by atoms with van der Waals surface area (Å²) in [6.45, 7) is 0. The second-order valence-electron chi connectivity index (χ2n) is 2.79. The van der Waals surface area contributed by atoms with Crippen molar-refractivity contribution in [3.63, 3.8) is 0 Å². The van der Waals surface area contributed by atoms with Crippen LogP contribution in [-0.2, 0) is 20.7 Å². The van der Waals surface area contributed by atoms with Crippen LogP contribution in [0.1, 0.15) is 5.56 Å². The normalized spacial score (nSPS) is 9.80. The van der Waals surface area contributed by atoms with Gasteiger partial charge >= 0.3 is 5.97 Å². The van der Waals surface area contributed by atoms with Crippen molar-refractivity contribution < 1.29 is 14.3 Å². The Balaban J connectivity index is 2.90. The van der Waals surface area contributed by atoms with E-state index in [4.69, 9.17) is 11.6 Å². The molecule has 0 bridgehead atoms. The Kier molecular flexibility index (Phi) is 4.29. The predicted octanol–water partition coefficient (Wildman–Crippen LogP) is 2.39. The van der Waals surface area contributed by atoms with Crippen LogP contribution in [0.15, 0.2) is 22.7 Å². The van der Waals surface area contributed by atoms with Crippen molar-refractivity contribution in [2.45, 2.75) is 6.42 Å². The number of rotatable bonds is 3. The van der Waals surface area contributed by atoms with Crippen molar-refractivity contribution in [3.8, 4) is 0 Å². The van der Waals surface area contributed by atoms with E-state index in [-0.39, 0.29) is 6.42 Å². The molecular formula is C10H8BrClO3. The summed E-state index contributed by atoms with van der Waals surface area (Å²) in [6.07, 6.45) is -0.0626. The first-order valence-electron chi connectivity index (χ1n) is 4.10. The molecule has 0 radical (unpaired) electrons. The van der Waals surface area contributed by atoms with E-state index < -0.39 is 11.8 Å². The highest BCUT2D eigenvalue weighted by atomic mass is 79.9. The number of ether oxygens (including phenoxy) is 1. The van der Waals surface area contributed by atoms with E-state index >= 15 is 0 Å². The van der Waals surface area contributed by atoms with E-state index in [0.717, 1.165) is 0 Å². The van der Waals surface area contributed by atoms with Crippen molar-refractivity contribution in [1.82, 2.24) is 0 Å². The van der Waals surface area contributed by atoms with E-state index in [2.05, 4.69) is 20.7 Å². The average molecular weight is 292 g/mol. The van der Waals surface area contributed by atoms with Crippen LogP contribution in [0.3, 0.4) is 0 Å². The molecule has 0 aromatic heterocycles. The Labute approximate surface area is 100 Å². The first-order chi connectivity index (χ1) is 7.06. The maximum Gasteiger partial charge on any atom is 0.374 e. The molecule has 3 nitrogen and oxygen atoms in total. The van der Waals surface area contributed by atoms with Crippen LogP contribution in [0, 0.1) is 0 Å². The van der Waals surface area contributed by atoms with Gasteiger partial charge in [0.05, 0.1) is 7.11 Å². The molecule has 1 aromatic carbocycles. The molecule has 0 N–H and O–H groups in total. The highest BCUT2D eigenvalue weighted by Gasteiger charge is 2.17. The van der Waals surface area contributed by atoms with Gasteiger partial charge < -0.3 is 4.74 Å². The number of halogens is 2. The molecule has 15 heavy (non-hydrogen) atoms. The fraction of sp³-hybridized carbons (Fsp3) is 0.200. The summed E-state index contributed by atoms with van der Waals surface area (Å²) in [6, 6.07) is 5.16. The van der Waals surface area contributed by atoms with Crippen LogP contribution in [0.25, 0.3) is 0 Å². The first-order valence-corrected chi connectivity index (χ1v) is 5.27. The predicted molar refractivity (Wildman–Crippen MR) is 59.9 cm³/mol. The Hall–Kier alpha value is -0.870. The summed E-state index contributed by atoms with van der Waals surface area (Å²) in [4.78, 5) is 22.2. The fourth-order valence-corrected chi connectivity index (χ4v) is 1.91. The molecule has 0 heterocycles. The Morgan fingerprint density at radius 1 is 1.47 bits per heavy atom. The topological polar surface area (TPSA) is 43.4 Å². The van der Waals surface area contributed by atoms with Gasteiger partial charge in [0.2, 0.25) is 5.78 Å². The number of hydrogen-bond acceptors (Lipinski definition) is 3. The summed E-state index contributed by atoms with van der Waals surface area (Å²) in [5.74, 6) is -1.48. The van der Waals surface area contributed by atoms with Crippen molar-refractivity contribution >= 4 is 39.3 Å². The van der Waals surface area contributed by atoms with Crippen molar-refractivity contribution in [2.24, 2.45) is 0 Å². The maximum absolute atomic E-state index is 11.3. The smallest absolute Gasteiger partial charge is 0.374 e. The number of Topliss-reactive ketones (excluding diaryl/α,β-unsaturated/α-hetero) is 1. The van der Waals surface area contributed by atoms with Gasteiger partial charge in [0, 0.05) is 15.9 Å². The molecular weight excluding hydrogens is 283 g/mol. The van der Waals surface area contributed by atoms with Crippen molar-refractivity contribution in [3.05, 3.63) is 33.3 Å². The van der Waals surface area contributed by atoms with E-state index in [1.54, 1.807) is 18.2 Å². The highest BCUT2D eigenvalue weighted by molar-refractivity contribution is 9.10. The van der Waals surface area contributed by atoms with Gasteiger partial charge in [-0.2, -0.15) is 0 Å². The highest BCUT2D eigenvalue weighted by Crippen LogP contribution is 2.25. The van der Waals surface area contributed by atoms with Gasteiger partial charge in [-0.3, -0.25) is 4.79 Å².